The maximum Gasteiger partial charge on any atom is 0.237 e. The van der Waals surface area contributed by atoms with Crippen LogP contribution < -0.4 is 0 Å². The molecular formula is C8H3BrN2O2S. The Kier molecular flexibility index (Phi) is 2.90. The molecule has 0 radical (unpaired) electrons. The molecule has 0 atom stereocenters. The van der Waals surface area contributed by atoms with Gasteiger partial charge in [-0.15, -0.1) is 0 Å². The van der Waals surface area contributed by atoms with E-state index in [-0.39, 0.29) is 16.0 Å². The van der Waals surface area contributed by atoms with E-state index in [0.717, 1.165) is 6.07 Å². The molecule has 0 aliphatic carbocycles. The molecule has 0 saturated heterocycles. The second-order valence-corrected chi connectivity index (χ2v) is 6.27. The summed E-state index contributed by atoms with van der Waals surface area (Å²) < 4.78 is 22.0. The van der Waals surface area contributed by atoms with Gasteiger partial charge in [0.25, 0.3) is 0 Å². The first-order chi connectivity index (χ1) is 6.49. The van der Waals surface area contributed by atoms with Crippen LogP contribution in [0.25, 0.3) is 0 Å². The average molecular weight is 271 g/mol. The molecule has 0 bridgehead atoms. The first kappa shape index (κ1) is 10.7. The second-order valence-electron chi connectivity index (χ2n) is 2.37. The summed E-state index contributed by atoms with van der Waals surface area (Å²) in [7, 11) is -3.51. The highest BCUT2D eigenvalue weighted by molar-refractivity contribution is 9.47. The topological polar surface area (TPSA) is 81.7 Å². The van der Waals surface area contributed by atoms with Crippen molar-refractivity contribution < 1.29 is 8.42 Å². The summed E-state index contributed by atoms with van der Waals surface area (Å²) in [6, 6.07) is 7.26. The lowest BCUT2D eigenvalue weighted by molar-refractivity contribution is 0.611. The summed E-state index contributed by atoms with van der Waals surface area (Å²) in [4.78, 5) is -0.0342. The Balaban J connectivity index is 3.47. The van der Waals surface area contributed by atoms with Crippen molar-refractivity contribution in [2.75, 3.05) is 0 Å². The zero-order valence-corrected chi connectivity index (χ0v) is 9.13. The van der Waals surface area contributed by atoms with Gasteiger partial charge in [-0.1, -0.05) is 0 Å². The van der Waals surface area contributed by atoms with Crippen LogP contribution in [0.3, 0.4) is 0 Å². The van der Waals surface area contributed by atoms with Gasteiger partial charge in [0.05, 0.1) is 30.8 Å². The number of hydrogen-bond donors (Lipinski definition) is 0. The molecule has 0 saturated carbocycles. The molecule has 14 heavy (non-hydrogen) atoms. The SMILES string of the molecule is N#Cc1ccc(S(=O)(=O)Br)cc1C#N. The highest BCUT2D eigenvalue weighted by atomic mass is 79.9. The average Bonchev–Trinajstić information content (AvgIpc) is 2.15. The van der Waals surface area contributed by atoms with E-state index in [4.69, 9.17) is 10.5 Å². The third-order valence-corrected chi connectivity index (χ3v) is 3.45. The Morgan fingerprint density at radius 3 is 2.14 bits per heavy atom. The van der Waals surface area contributed by atoms with Crippen LogP contribution in [0.4, 0.5) is 0 Å². The molecule has 4 nitrogen and oxygen atoms in total. The van der Waals surface area contributed by atoms with E-state index >= 15 is 0 Å². The standard InChI is InChI=1S/C8H3BrN2O2S/c9-14(12,13)8-2-1-6(4-10)7(3-8)5-11/h1-3H. The minimum absolute atomic E-state index is 0.0342. The van der Waals surface area contributed by atoms with Gasteiger partial charge in [-0.05, 0) is 18.2 Å². The molecule has 0 amide bonds. The minimum atomic E-state index is -3.51. The molecule has 1 aromatic rings. The van der Waals surface area contributed by atoms with Crippen LogP contribution in [-0.2, 0) is 8.27 Å². The van der Waals surface area contributed by atoms with Crippen molar-refractivity contribution in [1.82, 2.24) is 0 Å². The number of rotatable bonds is 1. The Morgan fingerprint density at radius 2 is 1.71 bits per heavy atom. The van der Waals surface area contributed by atoms with E-state index in [9.17, 15) is 8.42 Å². The van der Waals surface area contributed by atoms with Gasteiger partial charge in [-0.2, -0.15) is 10.5 Å². The molecule has 1 aromatic carbocycles. The van der Waals surface area contributed by atoms with Crippen LogP contribution in [-0.4, -0.2) is 8.42 Å². The summed E-state index contributed by atoms with van der Waals surface area (Å²) in [6.45, 7) is 0. The van der Waals surface area contributed by atoms with Gasteiger partial charge < -0.3 is 0 Å². The van der Waals surface area contributed by atoms with Gasteiger partial charge in [-0.25, -0.2) is 8.42 Å². The van der Waals surface area contributed by atoms with E-state index in [1.807, 2.05) is 0 Å². The largest absolute Gasteiger partial charge is 0.237 e. The molecule has 0 fully saturated rings. The molecule has 70 valence electrons. The van der Waals surface area contributed by atoms with Crippen LogP contribution in [0.2, 0.25) is 0 Å². The first-order valence-electron chi connectivity index (χ1n) is 3.38. The smallest absolute Gasteiger partial charge is 0.212 e. The van der Waals surface area contributed by atoms with Gasteiger partial charge >= 0.3 is 0 Å². The normalized spacial score (nSPS) is 10.2. The maximum atomic E-state index is 11.0. The Labute approximate surface area is 88.5 Å². The van der Waals surface area contributed by atoms with Gasteiger partial charge in [0.2, 0.25) is 8.27 Å². The van der Waals surface area contributed by atoms with Crippen molar-refractivity contribution >= 4 is 23.1 Å². The summed E-state index contributed by atoms with van der Waals surface area (Å²) >= 11 is 2.48. The van der Waals surface area contributed by atoms with Gasteiger partial charge in [0.15, 0.2) is 0 Å². The molecule has 0 N–H and O–H groups in total. The zero-order chi connectivity index (χ0) is 10.8. The van der Waals surface area contributed by atoms with Crippen molar-refractivity contribution in [2.45, 2.75) is 4.90 Å². The Morgan fingerprint density at radius 1 is 1.14 bits per heavy atom. The highest BCUT2D eigenvalue weighted by Crippen LogP contribution is 2.19. The molecule has 1 rings (SSSR count). The van der Waals surface area contributed by atoms with Crippen molar-refractivity contribution in [3.63, 3.8) is 0 Å². The first-order valence-corrected chi connectivity index (χ1v) is 6.70. The minimum Gasteiger partial charge on any atom is -0.212 e. The van der Waals surface area contributed by atoms with Crippen LogP contribution in [0.15, 0.2) is 23.1 Å². The monoisotopic (exact) mass is 270 g/mol. The van der Waals surface area contributed by atoms with Crippen molar-refractivity contribution in [2.24, 2.45) is 0 Å². The third kappa shape index (κ3) is 2.11. The van der Waals surface area contributed by atoms with Gasteiger partial charge in [0.1, 0.15) is 12.1 Å². The highest BCUT2D eigenvalue weighted by Gasteiger charge is 2.11. The summed E-state index contributed by atoms with van der Waals surface area (Å²) in [5.41, 5.74) is 0.209. The second kappa shape index (κ2) is 3.79. The molecule has 0 aliphatic rings. The van der Waals surface area contributed by atoms with E-state index in [1.54, 1.807) is 12.1 Å². The molecule has 0 aliphatic heterocycles. The molecular weight excluding hydrogens is 268 g/mol. The zero-order valence-electron chi connectivity index (χ0n) is 6.73. The van der Waals surface area contributed by atoms with E-state index in [2.05, 4.69) is 14.8 Å². The van der Waals surface area contributed by atoms with Gasteiger partial charge in [0, 0.05) is 0 Å². The van der Waals surface area contributed by atoms with E-state index in [0.29, 0.717) is 0 Å². The van der Waals surface area contributed by atoms with Crippen LogP contribution in [0.5, 0.6) is 0 Å². The summed E-state index contributed by atoms with van der Waals surface area (Å²) in [5, 5.41) is 17.2. The van der Waals surface area contributed by atoms with E-state index < -0.39 is 8.27 Å². The molecule has 6 heteroatoms. The van der Waals surface area contributed by atoms with Crippen molar-refractivity contribution in [3.05, 3.63) is 29.3 Å². The Hall–Kier alpha value is -1.37. The molecule has 0 aromatic heterocycles. The number of hydrogen-bond acceptors (Lipinski definition) is 4. The molecule has 0 heterocycles. The lowest BCUT2D eigenvalue weighted by atomic mass is 10.1. The number of halogens is 1. The van der Waals surface area contributed by atoms with Crippen LogP contribution in [0, 0.1) is 22.7 Å². The summed E-state index contributed by atoms with van der Waals surface area (Å²) in [6.07, 6.45) is 0. The fourth-order valence-electron chi connectivity index (χ4n) is 0.865. The Bertz CT molecular complexity index is 552. The maximum absolute atomic E-state index is 11.0. The number of nitriles is 2. The summed E-state index contributed by atoms with van der Waals surface area (Å²) in [5.74, 6) is 0. The van der Waals surface area contributed by atoms with Gasteiger partial charge in [-0.3, -0.25) is 0 Å². The fraction of sp³-hybridized carbons (Fsp3) is 0. The molecule has 0 unspecified atom stereocenters. The quantitative estimate of drug-likeness (QED) is 0.725. The van der Waals surface area contributed by atoms with E-state index in [1.165, 1.54) is 12.1 Å². The number of benzene rings is 1. The predicted molar refractivity (Wildman–Crippen MR) is 52.0 cm³/mol. The number of nitrogens with zero attached hydrogens (tertiary/aromatic N) is 2. The third-order valence-electron chi connectivity index (χ3n) is 1.51. The van der Waals surface area contributed by atoms with Crippen molar-refractivity contribution in [1.29, 1.82) is 10.5 Å². The lowest BCUT2D eigenvalue weighted by Gasteiger charge is -1.97. The fourth-order valence-corrected chi connectivity index (χ4v) is 1.96. The van der Waals surface area contributed by atoms with Crippen LogP contribution >= 0.6 is 14.8 Å². The molecule has 0 spiro atoms. The predicted octanol–water partition coefficient (Wildman–Crippen LogP) is 1.51. The van der Waals surface area contributed by atoms with Crippen LogP contribution in [0.1, 0.15) is 11.1 Å². The lowest BCUT2D eigenvalue weighted by Crippen LogP contribution is -1.92. The van der Waals surface area contributed by atoms with Crippen molar-refractivity contribution in [3.8, 4) is 12.1 Å².